The van der Waals surface area contributed by atoms with Crippen molar-refractivity contribution in [3.8, 4) is 0 Å². The number of rotatable bonds is 5. The highest BCUT2D eigenvalue weighted by molar-refractivity contribution is 5.54. The normalized spacial score (nSPS) is 11.9. The van der Waals surface area contributed by atoms with Gasteiger partial charge in [-0.25, -0.2) is 4.99 Å². The Kier molecular flexibility index (Phi) is 6.48. The Hall–Kier alpha value is -0.990. The molecule has 0 heterocycles. The van der Waals surface area contributed by atoms with E-state index in [4.69, 9.17) is 0 Å². The maximum absolute atomic E-state index is 3.88. The second-order valence-electron chi connectivity index (χ2n) is 2.61. The van der Waals surface area contributed by atoms with Crippen molar-refractivity contribution < 1.29 is 0 Å². The quantitative estimate of drug-likeness (QED) is 0.331. The lowest BCUT2D eigenvalue weighted by molar-refractivity contribution is 0.590. The summed E-state index contributed by atoms with van der Waals surface area (Å²) in [5, 5.41) is 7.57. The van der Waals surface area contributed by atoms with Crippen LogP contribution < -0.4 is 0 Å². The molecule has 0 bridgehead atoms. The van der Waals surface area contributed by atoms with E-state index in [9.17, 15) is 0 Å². The summed E-state index contributed by atoms with van der Waals surface area (Å²) in [6.07, 6.45) is 3.90. The number of hydrogen-bond acceptors (Lipinski definition) is 2. The lowest BCUT2D eigenvalue weighted by Gasteiger charge is -1.96. The molecule has 0 unspecified atom stereocenters. The van der Waals surface area contributed by atoms with Crippen molar-refractivity contribution in [3.05, 3.63) is 12.8 Å². The Bertz CT molecular complexity index is 147. The van der Waals surface area contributed by atoms with Crippen molar-refractivity contribution in [1.29, 1.82) is 0 Å². The first kappa shape index (κ1) is 10.0. The highest BCUT2D eigenvalue weighted by Gasteiger charge is 1.89. The van der Waals surface area contributed by atoms with E-state index in [-0.39, 0.29) is 0 Å². The van der Waals surface area contributed by atoms with Gasteiger partial charge >= 0.3 is 0 Å². The van der Waals surface area contributed by atoms with Gasteiger partial charge in [0, 0.05) is 6.20 Å². The van der Waals surface area contributed by atoms with Crippen molar-refractivity contribution in [1.82, 2.24) is 0 Å². The lowest BCUT2D eigenvalue weighted by atomic mass is 10.1. The van der Waals surface area contributed by atoms with Gasteiger partial charge < -0.3 is 0 Å². The molecular formula is C8H15N3. The molecule has 0 aromatic carbocycles. The van der Waals surface area contributed by atoms with Gasteiger partial charge in [-0.3, -0.25) is 0 Å². The summed E-state index contributed by atoms with van der Waals surface area (Å²) in [5.74, 6) is 0.685. The first-order valence-electron chi connectivity index (χ1n) is 3.76. The van der Waals surface area contributed by atoms with Crippen molar-refractivity contribution >= 4 is 6.34 Å². The molecule has 0 fully saturated rings. The molecule has 0 radical (unpaired) electrons. The van der Waals surface area contributed by atoms with Gasteiger partial charge in [-0.15, -0.1) is 5.11 Å². The van der Waals surface area contributed by atoms with Gasteiger partial charge in [0.1, 0.15) is 6.34 Å². The van der Waals surface area contributed by atoms with Crippen molar-refractivity contribution in [2.24, 2.45) is 21.1 Å². The fourth-order valence-electron chi connectivity index (χ4n) is 0.487. The van der Waals surface area contributed by atoms with Gasteiger partial charge in [-0.2, -0.15) is 5.11 Å². The topological polar surface area (TPSA) is 37.1 Å². The Morgan fingerprint density at radius 2 is 2.18 bits per heavy atom. The number of aliphatic imine (C=N–C) groups is 1. The second kappa shape index (κ2) is 7.12. The molecule has 0 aliphatic carbocycles. The van der Waals surface area contributed by atoms with Gasteiger partial charge in [0.15, 0.2) is 0 Å². The Labute approximate surface area is 67.9 Å². The predicted molar refractivity (Wildman–Crippen MR) is 47.9 cm³/mol. The average Bonchev–Trinajstić information content (AvgIpc) is 1.96. The predicted octanol–water partition coefficient (Wildman–Crippen LogP) is 2.66. The van der Waals surface area contributed by atoms with Gasteiger partial charge in [0.2, 0.25) is 0 Å². The summed E-state index contributed by atoms with van der Waals surface area (Å²) in [6, 6.07) is 0. The average molecular weight is 153 g/mol. The van der Waals surface area contributed by atoms with E-state index >= 15 is 0 Å². The first-order chi connectivity index (χ1) is 5.27. The number of hydrogen-bond donors (Lipinski definition) is 0. The molecule has 3 heteroatoms. The minimum Gasteiger partial charge on any atom is -0.244 e. The second-order valence-corrected chi connectivity index (χ2v) is 2.61. The molecule has 0 atom stereocenters. The SMILES string of the molecule is C=C/N=C\N=N/CCC(C)C. The first-order valence-corrected chi connectivity index (χ1v) is 3.76. The van der Waals surface area contributed by atoms with Crippen LogP contribution in [0.2, 0.25) is 0 Å². The largest absolute Gasteiger partial charge is 0.244 e. The van der Waals surface area contributed by atoms with E-state index < -0.39 is 0 Å². The van der Waals surface area contributed by atoms with Crippen LogP contribution in [0.1, 0.15) is 20.3 Å². The molecule has 0 saturated heterocycles. The van der Waals surface area contributed by atoms with Crippen LogP contribution in [0, 0.1) is 5.92 Å². The Morgan fingerprint density at radius 1 is 1.45 bits per heavy atom. The fourth-order valence-corrected chi connectivity index (χ4v) is 0.487. The summed E-state index contributed by atoms with van der Waals surface area (Å²) in [6.45, 7) is 8.51. The zero-order chi connectivity index (χ0) is 8.53. The van der Waals surface area contributed by atoms with Crippen LogP contribution in [0.25, 0.3) is 0 Å². The minimum atomic E-state index is 0.685. The van der Waals surface area contributed by atoms with E-state index in [2.05, 4.69) is 35.6 Å². The molecule has 3 nitrogen and oxygen atoms in total. The third-order valence-electron chi connectivity index (χ3n) is 1.11. The van der Waals surface area contributed by atoms with Gasteiger partial charge in [-0.05, 0) is 12.3 Å². The zero-order valence-electron chi connectivity index (χ0n) is 7.20. The Morgan fingerprint density at radius 3 is 2.73 bits per heavy atom. The van der Waals surface area contributed by atoms with Gasteiger partial charge in [0.05, 0.1) is 6.54 Å². The number of nitrogens with zero attached hydrogens (tertiary/aromatic N) is 3. The monoisotopic (exact) mass is 153 g/mol. The van der Waals surface area contributed by atoms with Crippen LogP contribution in [0.5, 0.6) is 0 Å². The van der Waals surface area contributed by atoms with E-state index in [0.29, 0.717) is 5.92 Å². The third-order valence-corrected chi connectivity index (χ3v) is 1.11. The highest BCUT2D eigenvalue weighted by Crippen LogP contribution is 1.98. The van der Waals surface area contributed by atoms with Crippen LogP contribution >= 0.6 is 0 Å². The highest BCUT2D eigenvalue weighted by atomic mass is 15.1. The molecule has 0 aliphatic heterocycles. The third kappa shape index (κ3) is 9.01. The van der Waals surface area contributed by atoms with E-state index in [1.165, 1.54) is 12.5 Å². The maximum atomic E-state index is 3.88. The van der Waals surface area contributed by atoms with Crippen LogP contribution in [-0.4, -0.2) is 12.9 Å². The summed E-state index contributed by atoms with van der Waals surface area (Å²) < 4.78 is 0. The van der Waals surface area contributed by atoms with Gasteiger partial charge in [-0.1, -0.05) is 20.4 Å². The fraction of sp³-hybridized carbons (Fsp3) is 0.625. The standard InChI is InChI=1S/C8H15N3/c1-4-9-7-11-10-6-5-8(2)3/h4,7-8H,1,5-6H2,2-3H3/b9-7-,11-10-. The molecular weight excluding hydrogens is 138 g/mol. The summed E-state index contributed by atoms with van der Waals surface area (Å²) in [7, 11) is 0. The van der Waals surface area contributed by atoms with Gasteiger partial charge in [0.25, 0.3) is 0 Å². The smallest absolute Gasteiger partial charge is 0.137 e. The van der Waals surface area contributed by atoms with Crippen molar-refractivity contribution in [2.75, 3.05) is 6.54 Å². The minimum absolute atomic E-state index is 0.685. The summed E-state index contributed by atoms with van der Waals surface area (Å²) in [4.78, 5) is 3.67. The molecule has 0 N–H and O–H groups in total. The van der Waals surface area contributed by atoms with E-state index in [0.717, 1.165) is 13.0 Å². The molecule has 0 spiro atoms. The summed E-state index contributed by atoms with van der Waals surface area (Å²) in [5.41, 5.74) is 0. The summed E-state index contributed by atoms with van der Waals surface area (Å²) >= 11 is 0. The van der Waals surface area contributed by atoms with Crippen LogP contribution in [0.15, 0.2) is 28.0 Å². The van der Waals surface area contributed by atoms with Crippen LogP contribution in [-0.2, 0) is 0 Å². The molecule has 0 aromatic heterocycles. The van der Waals surface area contributed by atoms with Crippen LogP contribution in [0.4, 0.5) is 0 Å². The zero-order valence-corrected chi connectivity index (χ0v) is 7.20. The Balaban J connectivity index is 3.30. The van der Waals surface area contributed by atoms with E-state index in [1.54, 1.807) is 0 Å². The van der Waals surface area contributed by atoms with E-state index in [1.807, 2.05) is 0 Å². The van der Waals surface area contributed by atoms with Crippen molar-refractivity contribution in [3.63, 3.8) is 0 Å². The van der Waals surface area contributed by atoms with Crippen molar-refractivity contribution in [2.45, 2.75) is 20.3 Å². The molecule has 0 aliphatic rings. The van der Waals surface area contributed by atoms with Crippen LogP contribution in [0.3, 0.4) is 0 Å². The number of azo groups is 1. The molecule has 0 amide bonds. The molecule has 0 rings (SSSR count). The molecule has 11 heavy (non-hydrogen) atoms. The molecule has 0 saturated carbocycles. The maximum Gasteiger partial charge on any atom is 0.137 e. The molecule has 0 aromatic rings. The lowest BCUT2D eigenvalue weighted by Crippen LogP contribution is -1.88. The molecule has 62 valence electrons.